The van der Waals surface area contributed by atoms with Crippen LogP contribution in [0.3, 0.4) is 0 Å². The average molecular weight is 336 g/mol. The standard InChI is InChI=1S/C17H20O5S/c1-12-8-9-15(17(13(2)18)22-23(19)20)16(10-12)21-11-14-6-4-3-5-7-14/h3-10,13,17-18H,11H2,1-2H3,(H,19,20). The van der Waals surface area contributed by atoms with E-state index >= 15 is 0 Å². The van der Waals surface area contributed by atoms with Gasteiger partial charge in [-0.15, -0.1) is 0 Å². The van der Waals surface area contributed by atoms with Crippen molar-refractivity contribution in [2.75, 3.05) is 0 Å². The summed E-state index contributed by atoms with van der Waals surface area (Å²) in [7, 11) is 0. The van der Waals surface area contributed by atoms with Crippen LogP contribution in [0.25, 0.3) is 0 Å². The van der Waals surface area contributed by atoms with Crippen LogP contribution < -0.4 is 4.74 Å². The molecule has 3 atom stereocenters. The van der Waals surface area contributed by atoms with Gasteiger partial charge < -0.3 is 9.84 Å². The molecule has 5 nitrogen and oxygen atoms in total. The normalized spacial score (nSPS) is 15.0. The summed E-state index contributed by atoms with van der Waals surface area (Å²) in [4.78, 5) is 0. The predicted molar refractivity (Wildman–Crippen MR) is 88.2 cm³/mol. The van der Waals surface area contributed by atoms with Gasteiger partial charge in [0.15, 0.2) is 0 Å². The number of ether oxygens (including phenoxy) is 1. The van der Waals surface area contributed by atoms with E-state index in [1.807, 2.05) is 49.4 Å². The molecule has 0 amide bonds. The summed E-state index contributed by atoms with van der Waals surface area (Å²) in [6.45, 7) is 3.77. The molecule has 0 spiro atoms. The van der Waals surface area contributed by atoms with E-state index in [9.17, 15) is 9.32 Å². The molecule has 3 unspecified atom stereocenters. The van der Waals surface area contributed by atoms with Crippen molar-refractivity contribution in [2.24, 2.45) is 0 Å². The number of aryl methyl sites for hydroxylation is 1. The van der Waals surface area contributed by atoms with E-state index in [1.165, 1.54) is 6.92 Å². The fraction of sp³-hybridized carbons (Fsp3) is 0.294. The Morgan fingerprint density at radius 3 is 2.48 bits per heavy atom. The summed E-state index contributed by atoms with van der Waals surface area (Å²) in [6.07, 6.45) is -1.92. The van der Waals surface area contributed by atoms with E-state index in [2.05, 4.69) is 0 Å². The van der Waals surface area contributed by atoms with Gasteiger partial charge in [0.05, 0.1) is 6.10 Å². The molecule has 124 valence electrons. The monoisotopic (exact) mass is 336 g/mol. The van der Waals surface area contributed by atoms with Crippen LogP contribution in [0.1, 0.15) is 29.7 Å². The predicted octanol–water partition coefficient (Wildman–Crippen LogP) is 3.15. The minimum Gasteiger partial charge on any atom is -0.489 e. The molecule has 0 aliphatic carbocycles. The molecule has 2 N–H and O–H groups in total. The minimum atomic E-state index is -2.49. The van der Waals surface area contributed by atoms with Crippen molar-refractivity contribution in [1.29, 1.82) is 0 Å². The van der Waals surface area contributed by atoms with Gasteiger partial charge in [0.1, 0.15) is 18.5 Å². The highest BCUT2D eigenvalue weighted by Crippen LogP contribution is 2.32. The zero-order chi connectivity index (χ0) is 16.8. The lowest BCUT2D eigenvalue weighted by Gasteiger charge is -2.21. The van der Waals surface area contributed by atoms with Crippen LogP contribution in [-0.4, -0.2) is 20.0 Å². The molecule has 23 heavy (non-hydrogen) atoms. The first-order chi connectivity index (χ1) is 11.0. The third kappa shape index (κ3) is 5.14. The molecule has 0 saturated carbocycles. The molecule has 0 aromatic heterocycles. The Morgan fingerprint density at radius 2 is 1.87 bits per heavy atom. The molecule has 2 rings (SSSR count). The second-order valence-electron chi connectivity index (χ2n) is 5.29. The van der Waals surface area contributed by atoms with E-state index in [0.29, 0.717) is 17.9 Å². The van der Waals surface area contributed by atoms with Crippen molar-refractivity contribution in [3.63, 3.8) is 0 Å². The van der Waals surface area contributed by atoms with E-state index in [0.717, 1.165) is 11.1 Å². The summed E-state index contributed by atoms with van der Waals surface area (Å²) in [5.74, 6) is 0.519. The molecule has 0 heterocycles. The van der Waals surface area contributed by atoms with Crippen molar-refractivity contribution in [3.8, 4) is 5.75 Å². The van der Waals surface area contributed by atoms with E-state index in [4.69, 9.17) is 13.5 Å². The first-order valence-electron chi connectivity index (χ1n) is 7.20. The van der Waals surface area contributed by atoms with Crippen LogP contribution in [0, 0.1) is 6.92 Å². The molecular formula is C17H20O5S. The number of aliphatic hydroxyl groups is 1. The molecule has 2 aromatic rings. The zero-order valence-corrected chi connectivity index (χ0v) is 13.8. The molecule has 0 saturated heterocycles. The Bertz CT molecular complexity index is 657. The molecular weight excluding hydrogens is 316 g/mol. The Kier molecular flexibility index (Phi) is 6.29. The summed E-state index contributed by atoms with van der Waals surface area (Å²) < 4.78 is 30.7. The lowest BCUT2D eigenvalue weighted by atomic mass is 10.0. The lowest BCUT2D eigenvalue weighted by Crippen LogP contribution is -2.20. The number of rotatable bonds is 7. The molecule has 0 bridgehead atoms. The average Bonchev–Trinajstić information content (AvgIpc) is 2.52. The molecule has 0 radical (unpaired) electrons. The maximum atomic E-state index is 11.0. The summed E-state index contributed by atoms with van der Waals surface area (Å²) in [5.41, 5.74) is 2.51. The first-order valence-corrected chi connectivity index (χ1v) is 8.24. The van der Waals surface area contributed by atoms with Gasteiger partial charge in [-0.2, -0.15) is 4.21 Å². The van der Waals surface area contributed by atoms with Crippen molar-refractivity contribution in [2.45, 2.75) is 32.7 Å². The van der Waals surface area contributed by atoms with Crippen LogP contribution in [-0.2, 0) is 22.2 Å². The Hall–Kier alpha value is -1.73. The maximum absolute atomic E-state index is 11.0. The van der Waals surface area contributed by atoms with Gasteiger partial charge in [0.2, 0.25) is 0 Å². The van der Waals surface area contributed by atoms with E-state index < -0.39 is 23.6 Å². The minimum absolute atomic E-state index is 0.353. The maximum Gasteiger partial charge on any atom is 0.302 e. The van der Waals surface area contributed by atoms with Crippen LogP contribution in [0.15, 0.2) is 48.5 Å². The first kappa shape index (κ1) is 17.6. The Labute approximate surface area is 138 Å². The van der Waals surface area contributed by atoms with Gasteiger partial charge in [-0.05, 0) is 31.0 Å². The number of hydrogen-bond acceptors (Lipinski definition) is 4. The molecule has 0 fully saturated rings. The third-order valence-electron chi connectivity index (χ3n) is 3.34. The second-order valence-corrected chi connectivity index (χ2v) is 5.92. The number of hydrogen-bond donors (Lipinski definition) is 2. The Morgan fingerprint density at radius 1 is 1.17 bits per heavy atom. The van der Waals surface area contributed by atoms with Crippen molar-refractivity contribution < 1.29 is 22.8 Å². The molecule has 0 aliphatic rings. The van der Waals surface area contributed by atoms with Gasteiger partial charge in [0, 0.05) is 5.56 Å². The summed E-state index contributed by atoms with van der Waals surface area (Å²) >= 11 is -2.49. The van der Waals surface area contributed by atoms with E-state index in [1.54, 1.807) is 6.07 Å². The highest BCUT2D eigenvalue weighted by Gasteiger charge is 2.24. The summed E-state index contributed by atoms with van der Waals surface area (Å²) in [5, 5.41) is 9.87. The molecule has 2 aromatic carbocycles. The summed E-state index contributed by atoms with van der Waals surface area (Å²) in [6, 6.07) is 15.1. The van der Waals surface area contributed by atoms with Crippen LogP contribution in [0.2, 0.25) is 0 Å². The largest absolute Gasteiger partial charge is 0.489 e. The van der Waals surface area contributed by atoms with Crippen molar-refractivity contribution >= 4 is 11.4 Å². The second kappa shape index (κ2) is 8.21. The van der Waals surface area contributed by atoms with Gasteiger partial charge in [0.25, 0.3) is 0 Å². The van der Waals surface area contributed by atoms with Gasteiger partial charge in [-0.25, -0.2) is 0 Å². The fourth-order valence-corrected chi connectivity index (χ4v) is 2.66. The highest BCUT2D eigenvalue weighted by molar-refractivity contribution is 7.74. The SMILES string of the molecule is Cc1ccc(C(OS(=O)O)C(C)O)c(OCc2ccccc2)c1. The van der Waals surface area contributed by atoms with Gasteiger partial charge in [-0.1, -0.05) is 42.5 Å². The van der Waals surface area contributed by atoms with Crippen molar-refractivity contribution in [1.82, 2.24) is 0 Å². The number of aliphatic hydroxyl groups excluding tert-OH is 1. The highest BCUT2D eigenvalue weighted by atomic mass is 32.2. The Balaban J connectivity index is 2.26. The van der Waals surface area contributed by atoms with Gasteiger partial charge in [-0.3, -0.25) is 8.74 Å². The smallest absolute Gasteiger partial charge is 0.302 e. The molecule has 6 heteroatoms. The van der Waals surface area contributed by atoms with E-state index in [-0.39, 0.29) is 0 Å². The topological polar surface area (TPSA) is 76.0 Å². The van der Waals surface area contributed by atoms with Crippen LogP contribution >= 0.6 is 0 Å². The lowest BCUT2D eigenvalue weighted by molar-refractivity contribution is 0.0489. The number of benzene rings is 2. The van der Waals surface area contributed by atoms with Crippen molar-refractivity contribution in [3.05, 3.63) is 65.2 Å². The fourth-order valence-electron chi connectivity index (χ4n) is 2.22. The third-order valence-corrected chi connectivity index (χ3v) is 3.71. The quantitative estimate of drug-likeness (QED) is 0.760. The van der Waals surface area contributed by atoms with Crippen LogP contribution in [0.4, 0.5) is 0 Å². The zero-order valence-electron chi connectivity index (χ0n) is 13.0. The van der Waals surface area contributed by atoms with Gasteiger partial charge >= 0.3 is 11.4 Å². The molecule has 0 aliphatic heterocycles. The van der Waals surface area contributed by atoms with Crippen LogP contribution in [0.5, 0.6) is 5.75 Å².